The van der Waals surface area contributed by atoms with Gasteiger partial charge >= 0.3 is 0 Å². The molecule has 0 bridgehead atoms. The zero-order chi connectivity index (χ0) is 12.1. The molecule has 0 saturated heterocycles. The van der Waals surface area contributed by atoms with Crippen LogP contribution in [0.1, 0.15) is 31.7 Å². The number of rotatable bonds is 6. The Bertz CT molecular complexity index is 320. The molecule has 0 aliphatic rings. The second-order valence-electron chi connectivity index (χ2n) is 4.51. The van der Waals surface area contributed by atoms with Crippen molar-refractivity contribution in [1.29, 1.82) is 0 Å². The van der Waals surface area contributed by atoms with Crippen molar-refractivity contribution in [3.8, 4) is 0 Å². The maximum Gasteiger partial charge on any atom is 0.0597 e. The van der Waals surface area contributed by atoms with Gasteiger partial charge in [-0.3, -0.25) is 9.58 Å². The Morgan fingerprint density at radius 1 is 1.50 bits per heavy atom. The highest BCUT2D eigenvalue weighted by Gasteiger charge is 2.12. The summed E-state index contributed by atoms with van der Waals surface area (Å²) in [6.07, 6.45) is 1.04. The first kappa shape index (κ1) is 13.5. The van der Waals surface area contributed by atoms with E-state index in [0.717, 1.165) is 31.1 Å². The third-order valence-corrected chi connectivity index (χ3v) is 3.04. The van der Waals surface area contributed by atoms with E-state index in [0.29, 0.717) is 6.04 Å². The Morgan fingerprint density at radius 2 is 2.19 bits per heavy atom. The molecule has 0 N–H and O–H groups in total. The van der Waals surface area contributed by atoms with Crippen molar-refractivity contribution in [2.45, 2.75) is 39.8 Å². The van der Waals surface area contributed by atoms with Gasteiger partial charge in [-0.25, -0.2) is 0 Å². The zero-order valence-electron chi connectivity index (χ0n) is 10.7. The van der Waals surface area contributed by atoms with E-state index < -0.39 is 0 Å². The van der Waals surface area contributed by atoms with Gasteiger partial charge in [-0.05, 0) is 39.8 Å². The second kappa shape index (κ2) is 6.26. The van der Waals surface area contributed by atoms with Crippen LogP contribution in [0, 0.1) is 6.92 Å². The Kier molecular flexibility index (Phi) is 5.29. The third-order valence-electron chi connectivity index (χ3n) is 2.77. The first-order valence-corrected chi connectivity index (χ1v) is 6.37. The summed E-state index contributed by atoms with van der Waals surface area (Å²) in [7, 11) is 2.00. The van der Waals surface area contributed by atoms with Crippen LogP contribution in [-0.2, 0) is 13.6 Å². The zero-order valence-corrected chi connectivity index (χ0v) is 11.5. The first-order chi connectivity index (χ1) is 7.54. The lowest BCUT2D eigenvalue weighted by atomic mass is 10.2. The van der Waals surface area contributed by atoms with Crippen LogP contribution in [0.4, 0.5) is 0 Å². The molecule has 1 rings (SSSR count). The normalized spacial score (nSPS) is 11.7. The molecule has 0 aromatic carbocycles. The van der Waals surface area contributed by atoms with Crippen LogP contribution in [-0.4, -0.2) is 33.1 Å². The smallest absolute Gasteiger partial charge is 0.0597 e. The number of aromatic nitrogens is 2. The van der Waals surface area contributed by atoms with Gasteiger partial charge in [-0.1, -0.05) is 0 Å². The van der Waals surface area contributed by atoms with E-state index in [2.05, 4.69) is 29.9 Å². The number of nitrogens with zero attached hydrogens (tertiary/aromatic N) is 3. The van der Waals surface area contributed by atoms with E-state index in [1.807, 2.05) is 18.7 Å². The van der Waals surface area contributed by atoms with Crippen molar-refractivity contribution in [1.82, 2.24) is 14.7 Å². The van der Waals surface area contributed by atoms with Gasteiger partial charge in [-0.2, -0.15) is 5.10 Å². The SMILES string of the molecule is Cc1cc(CN(CCCCl)C(C)C)n(C)n1. The predicted octanol–water partition coefficient (Wildman–Crippen LogP) is 2.57. The van der Waals surface area contributed by atoms with Crippen molar-refractivity contribution < 1.29 is 0 Å². The molecule has 3 nitrogen and oxygen atoms in total. The van der Waals surface area contributed by atoms with Gasteiger partial charge < -0.3 is 0 Å². The fourth-order valence-electron chi connectivity index (χ4n) is 1.80. The number of hydrogen-bond donors (Lipinski definition) is 0. The molecule has 0 atom stereocenters. The third kappa shape index (κ3) is 3.80. The molecule has 0 radical (unpaired) electrons. The van der Waals surface area contributed by atoms with Gasteiger partial charge in [0.2, 0.25) is 0 Å². The van der Waals surface area contributed by atoms with Crippen LogP contribution < -0.4 is 0 Å². The highest BCUT2D eigenvalue weighted by atomic mass is 35.5. The Morgan fingerprint density at radius 3 is 2.62 bits per heavy atom. The average Bonchev–Trinajstić information content (AvgIpc) is 2.51. The lowest BCUT2D eigenvalue weighted by Crippen LogP contribution is -2.32. The lowest BCUT2D eigenvalue weighted by Gasteiger charge is -2.26. The van der Waals surface area contributed by atoms with E-state index in [9.17, 15) is 0 Å². The van der Waals surface area contributed by atoms with Crippen LogP contribution >= 0.6 is 11.6 Å². The molecule has 1 aromatic rings. The van der Waals surface area contributed by atoms with Crippen LogP contribution in [0.3, 0.4) is 0 Å². The van der Waals surface area contributed by atoms with Gasteiger partial charge in [0, 0.05) is 25.5 Å². The number of alkyl halides is 1. The van der Waals surface area contributed by atoms with Crippen LogP contribution in [0.5, 0.6) is 0 Å². The molecule has 0 amide bonds. The van der Waals surface area contributed by atoms with E-state index >= 15 is 0 Å². The van der Waals surface area contributed by atoms with Gasteiger partial charge in [0.25, 0.3) is 0 Å². The Balaban J connectivity index is 2.64. The van der Waals surface area contributed by atoms with Crippen LogP contribution in [0.2, 0.25) is 0 Å². The summed E-state index contributed by atoms with van der Waals surface area (Å²) in [5.74, 6) is 0.730. The molecule has 1 aromatic heterocycles. The molecule has 0 saturated carbocycles. The molecule has 4 heteroatoms. The van der Waals surface area contributed by atoms with Crippen LogP contribution in [0.25, 0.3) is 0 Å². The molecule has 0 spiro atoms. The molecule has 0 fully saturated rings. The lowest BCUT2D eigenvalue weighted by molar-refractivity contribution is 0.208. The Labute approximate surface area is 103 Å². The fourth-order valence-corrected chi connectivity index (χ4v) is 1.92. The number of hydrogen-bond acceptors (Lipinski definition) is 2. The van der Waals surface area contributed by atoms with Gasteiger partial charge in [0.1, 0.15) is 0 Å². The highest BCUT2D eigenvalue weighted by molar-refractivity contribution is 6.17. The van der Waals surface area contributed by atoms with Crippen LogP contribution in [0.15, 0.2) is 6.07 Å². The van der Waals surface area contributed by atoms with Gasteiger partial charge in [0.05, 0.1) is 11.4 Å². The summed E-state index contributed by atoms with van der Waals surface area (Å²) < 4.78 is 1.96. The standard InChI is InChI=1S/C12H22ClN3/c1-10(2)16(7-5-6-13)9-12-8-11(3)14-15(12)4/h8,10H,5-7,9H2,1-4H3. The van der Waals surface area contributed by atoms with E-state index in [1.165, 1.54) is 5.69 Å². The quantitative estimate of drug-likeness (QED) is 0.716. The minimum absolute atomic E-state index is 0.540. The maximum atomic E-state index is 5.74. The summed E-state index contributed by atoms with van der Waals surface area (Å²) >= 11 is 5.74. The van der Waals surface area contributed by atoms with Gasteiger partial charge in [0.15, 0.2) is 0 Å². The maximum absolute atomic E-state index is 5.74. The highest BCUT2D eigenvalue weighted by Crippen LogP contribution is 2.10. The van der Waals surface area contributed by atoms with E-state index in [-0.39, 0.29) is 0 Å². The number of aryl methyl sites for hydroxylation is 2. The monoisotopic (exact) mass is 243 g/mol. The molecule has 16 heavy (non-hydrogen) atoms. The topological polar surface area (TPSA) is 21.1 Å². The van der Waals surface area contributed by atoms with Crippen molar-refractivity contribution in [2.75, 3.05) is 12.4 Å². The molecule has 0 aliphatic heterocycles. The van der Waals surface area contributed by atoms with Crippen molar-refractivity contribution in [2.24, 2.45) is 7.05 Å². The first-order valence-electron chi connectivity index (χ1n) is 5.84. The molecule has 0 aliphatic carbocycles. The molecular weight excluding hydrogens is 222 g/mol. The van der Waals surface area contributed by atoms with E-state index in [4.69, 9.17) is 11.6 Å². The fraction of sp³-hybridized carbons (Fsp3) is 0.750. The Hall–Kier alpha value is -0.540. The predicted molar refractivity (Wildman–Crippen MR) is 68.8 cm³/mol. The summed E-state index contributed by atoms with van der Waals surface area (Å²) in [6, 6.07) is 2.69. The average molecular weight is 244 g/mol. The van der Waals surface area contributed by atoms with Gasteiger partial charge in [-0.15, -0.1) is 11.6 Å². The summed E-state index contributed by atoms with van der Waals surface area (Å²) in [5, 5.41) is 4.37. The van der Waals surface area contributed by atoms with Crippen molar-refractivity contribution in [3.05, 3.63) is 17.5 Å². The van der Waals surface area contributed by atoms with E-state index in [1.54, 1.807) is 0 Å². The summed E-state index contributed by atoms with van der Waals surface area (Å²) in [4.78, 5) is 2.43. The largest absolute Gasteiger partial charge is 0.295 e. The summed E-state index contributed by atoms with van der Waals surface area (Å²) in [6.45, 7) is 8.47. The molecule has 1 heterocycles. The minimum Gasteiger partial charge on any atom is -0.295 e. The minimum atomic E-state index is 0.540. The number of halogens is 1. The van der Waals surface area contributed by atoms with Crippen molar-refractivity contribution in [3.63, 3.8) is 0 Å². The molecule has 92 valence electrons. The molecular formula is C12H22ClN3. The molecule has 0 unspecified atom stereocenters. The van der Waals surface area contributed by atoms with Crippen molar-refractivity contribution >= 4 is 11.6 Å². The second-order valence-corrected chi connectivity index (χ2v) is 4.89. The summed E-state index contributed by atoms with van der Waals surface area (Å²) in [5.41, 5.74) is 2.35.